The number of fused-ring (bicyclic) bond motifs is 1. The molecular weight excluding hydrogens is 360 g/mol. The van der Waals surface area contributed by atoms with E-state index in [2.05, 4.69) is 9.97 Å². The van der Waals surface area contributed by atoms with Gasteiger partial charge in [-0.25, -0.2) is 22.6 Å². The zero-order valence-electron chi connectivity index (χ0n) is 13.8. The highest BCUT2D eigenvalue weighted by Crippen LogP contribution is 2.20. The number of carbonyl (C=O) groups is 1. The second-order valence-electron chi connectivity index (χ2n) is 5.50. The minimum absolute atomic E-state index is 0.0541. The number of aromatic nitrogens is 4. The number of primary amides is 1. The maximum Gasteiger partial charge on any atom is 0.339 e. The number of benzene rings is 1. The van der Waals surface area contributed by atoms with Crippen molar-refractivity contribution in [1.82, 2.24) is 19.1 Å². The predicted molar refractivity (Wildman–Crippen MR) is 94.5 cm³/mol. The number of amides is 1. The minimum Gasteiger partial charge on any atom is -0.382 e. The van der Waals surface area contributed by atoms with Gasteiger partial charge >= 0.3 is 11.7 Å². The quantitative estimate of drug-likeness (QED) is 0.604. The molecule has 0 aliphatic heterocycles. The van der Waals surface area contributed by atoms with E-state index in [9.17, 15) is 18.0 Å². The van der Waals surface area contributed by atoms with Crippen molar-refractivity contribution in [3.8, 4) is 0 Å². The molecule has 26 heavy (non-hydrogen) atoms. The molecule has 0 aliphatic rings. The molecule has 3 aromatic rings. The van der Waals surface area contributed by atoms with Crippen molar-refractivity contribution in [1.29, 1.82) is 0 Å². The van der Waals surface area contributed by atoms with Crippen LogP contribution in [0.25, 0.3) is 11.2 Å². The Bertz CT molecular complexity index is 1160. The molecule has 1 aromatic carbocycles. The van der Waals surface area contributed by atoms with Gasteiger partial charge in [-0.3, -0.25) is 4.57 Å². The number of hydrogen-bond acceptors (Lipinski definition) is 7. The monoisotopic (exact) mass is 376 g/mol. The van der Waals surface area contributed by atoms with Gasteiger partial charge < -0.3 is 11.5 Å². The number of sulfone groups is 1. The van der Waals surface area contributed by atoms with Gasteiger partial charge in [-0.15, -0.1) is 0 Å². The first-order valence-electron chi connectivity index (χ1n) is 7.61. The minimum atomic E-state index is -3.77. The number of nitrogens with zero attached hydrogens (tertiary/aromatic N) is 4. The third-order valence-electron chi connectivity index (χ3n) is 3.84. The van der Waals surface area contributed by atoms with Crippen LogP contribution in [0.1, 0.15) is 12.5 Å². The summed E-state index contributed by atoms with van der Waals surface area (Å²) in [6, 6.07) is 7.86. The van der Waals surface area contributed by atoms with Gasteiger partial charge in [-0.2, -0.15) is 9.97 Å². The lowest BCUT2D eigenvalue weighted by atomic mass is 10.2. The number of rotatable bonds is 4. The number of anilines is 1. The van der Waals surface area contributed by atoms with E-state index in [4.69, 9.17) is 11.5 Å². The molecule has 0 atom stereocenters. The molecule has 0 radical (unpaired) electrons. The zero-order valence-corrected chi connectivity index (χ0v) is 14.6. The number of imidazole rings is 1. The summed E-state index contributed by atoms with van der Waals surface area (Å²) in [6.45, 7) is 1.49. The number of nitrogen functional groups attached to an aromatic ring is 1. The summed E-state index contributed by atoms with van der Waals surface area (Å²) < 4.78 is 26.0. The summed E-state index contributed by atoms with van der Waals surface area (Å²) in [5.74, 6) is -0.554. The first-order chi connectivity index (χ1) is 12.3. The highest BCUT2D eigenvalue weighted by atomic mass is 32.2. The Morgan fingerprint density at radius 2 is 1.85 bits per heavy atom. The van der Waals surface area contributed by atoms with E-state index in [1.807, 2.05) is 6.07 Å². The molecule has 10 nitrogen and oxygen atoms in total. The SMILES string of the molecule is CCS(=O)(=O)c1nc(N)c2c(n1)n(Cc1ccccc1)c(=O)n2C(N)=O. The molecule has 3 rings (SSSR count). The van der Waals surface area contributed by atoms with Crippen LogP contribution in [0.3, 0.4) is 0 Å². The lowest BCUT2D eigenvalue weighted by Crippen LogP contribution is -2.33. The molecule has 1 amide bonds. The summed E-state index contributed by atoms with van der Waals surface area (Å²) in [5.41, 5.74) is 10.9. The van der Waals surface area contributed by atoms with E-state index >= 15 is 0 Å². The van der Waals surface area contributed by atoms with Crippen molar-refractivity contribution in [2.24, 2.45) is 5.73 Å². The maximum absolute atomic E-state index is 12.7. The van der Waals surface area contributed by atoms with E-state index in [1.54, 1.807) is 24.3 Å². The molecule has 0 spiro atoms. The Balaban J connectivity index is 2.37. The van der Waals surface area contributed by atoms with Crippen LogP contribution >= 0.6 is 0 Å². The molecule has 2 aromatic heterocycles. The molecule has 0 fully saturated rings. The third-order valence-corrected chi connectivity index (χ3v) is 5.33. The largest absolute Gasteiger partial charge is 0.382 e. The summed E-state index contributed by atoms with van der Waals surface area (Å²) >= 11 is 0. The fourth-order valence-corrected chi connectivity index (χ4v) is 3.25. The highest BCUT2D eigenvalue weighted by molar-refractivity contribution is 7.91. The van der Waals surface area contributed by atoms with Gasteiger partial charge in [0.05, 0.1) is 12.3 Å². The van der Waals surface area contributed by atoms with Gasteiger partial charge in [0, 0.05) is 0 Å². The molecule has 11 heteroatoms. The lowest BCUT2D eigenvalue weighted by molar-refractivity contribution is 0.250. The fourth-order valence-electron chi connectivity index (χ4n) is 2.53. The van der Waals surface area contributed by atoms with Crippen LogP contribution in [0.15, 0.2) is 40.3 Å². The van der Waals surface area contributed by atoms with Crippen LogP contribution < -0.4 is 17.2 Å². The van der Waals surface area contributed by atoms with Crippen LogP contribution in [0, 0.1) is 0 Å². The van der Waals surface area contributed by atoms with Crippen molar-refractivity contribution in [2.45, 2.75) is 18.6 Å². The van der Waals surface area contributed by atoms with Crippen molar-refractivity contribution < 1.29 is 13.2 Å². The average Bonchev–Trinajstić information content (AvgIpc) is 2.89. The van der Waals surface area contributed by atoms with E-state index in [0.29, 0.717) is 4.57 Å². The van der Waals surface area contributed by atoms with Gasteiger partial charge in [0.25, 0.3) is 5.16 Å². The van der Waals surface area contributed by atoms with E-state index in [0.717, 1.165) is 10.1 Å². The fraction of sp³-hybridized carbons (Fsp3) is 0.200. The maximum atomic E-state index is 12.7. The van der Waals surface area contributed by atoms with Gasteiger partial charge in [-0.1, -0.05) is 37.3 Å². The van der Waals surface area contributed by atoms with E-state index in [1.165, 1.54) is 6.92 Å². The van der Waals surface area contributed by atoms with Crippen molar-refractivity contribution >= 4 is 32.9 Å². The first-order valence-corrected chi connectivity index (χ1v) is 9.26. The normalized spacial score (nSPS) is 11.7. The molecule has 0 bridgehead atoms. The van der Waals surface area contributed by atoms with E-state index in [-0.39, 0.29) is 29.3 Å². The summed E-state index contributed by atoms with van der Waals surface area (Å²) in [4.78, 5) is 32.1. The summed E-state index contributed by atoms with van der Waals surface area (Å²) in [7, 11) is -3.77. The molecule has 0 unspecified atom stereocenters. The zero-order chi connectivity index (χ0) is 19.1. The van der Waals surface area contributed by atoms with Crippen molar-refractivity contribution in [3.63, 3.8) is 0 Å². The van der Waals surface area contributed by atoms with Gasteiger partial charge in [0.1, 0.15) is 5.52 Å². The predicted octanol–water partition coefficient (Wildman–Crippen LogP) is -0.0561. The Morgan fingerprint density at radius 1 is 1.19 bits per heavy atom. The lowest BCUT2D eigenvalue weighted by Gasteiger charge is -2.05. The molecular formula is C15H16N6O4S. The van der Waals surface area contributed by atoms with Gasteiger partial charge in [0.2, 0.25) is 9.84 Å². The van der Waals surface area contributed by atoms with Crippen LogP contribution in [-0.4, -0.2) is 39.3 Å². The van der Waals surface area contributed by atoms with Crippen molar-refractivity contribution in [3.05, 3.63) is 46.4 Å². The van der Waals surface area contributed by atoms with Crippen LogP contribution in [0.4, 0.5) is 10.6 Å². The topological polar surface area (TPSA) is 156 Å². The van der Waals surface area contributed by atoms with Crippen LogP contribution in [0.2, 0.25) is 0 Å². The molecule has 0 saturated carbocycles. The Labute approximate surface area is 148 Å². The average molecular weight is 376 g/mol. The standard InChI is InChI=1S/C15H16N6O4S/c1-2-26(24,25)14-18-11(16)10-12(19-14)20(15(23)21(10)13(17)22)8-9-6-4-3-5-7-9/h3-7H,2,8H2,1H3,(H2,17,22)(H2,16,18,19). The second-order valence-corrected chi connectivity index (χ2v) is 7.67. The number of nitrogens with two attached hydrogens (primary N) is 2. The number of hydrogen-bond donors (Lipinski definition) is 2. The van der Waals surface area contributed by atoms with E-state index < -0.39 is 26.7 Å². The Morgan fingerprint density at radius 3 is 2.42 bits per heavy atom. The molecule has 4 N–H and O–H groups in total. The van der Waals surface area contributed by atoms with Gasteiger partial charge in [-0.05, 0) is 5.56 Å². The second kappa shape index (κ2) is 6.26. The summed E-state index contributed by atoms with van der Waals surface area (Å²) in [6.07, 6.45) is 0. The smallest absolute Gasteiger partial charge is 0.339 e. The Kier molecular flexibility index (Phi) is 4.24. The Hall–Kier alpha value is -3.21. The van der Waals surface area contributed by atoms with Crippen LogP contribution in [-0.2, 0) is 16.4 Å². The third kappa shape index (κ3) is 2.81. The van der Waals surface area contributed by atoms with Crippen LogP contribution in [0.5, 0.6) is 0 Å². The molecule has 0 aliphatic carbocycles. The van der Waals surface area contributed by atoms with Gasteiger partial charge in [0.15, 0.2) is 11.5 Å². The molecule has 136 valence electrons. The van der Waals surface area contributed by atoms with Crippen molar-refractivity contribution in [2.75, 3.05) is 11.5 Å². The highest BCUT2D eigenvalue weighted by Gasteiger charge is 2.25. The number of carbonyl (C=O) groups excluding carboxylic acids is 1. The summed E-state index contributed by atoms with van der Waals surface area (Å²) in [5, 5.41) is -0.506. The first kappa shape index (κ1) is 17.6. The molecule has 2 heterocycles. The molecule has 0 saturated heterocycles.